The van der Waals surface area contributed by atoms with Gasteiger partial charge in [-0.1, -0.05) is 0 Å². The number of rotatable bonds is 4. The topological polar surface area (TPSA) is 105 Å². The van der Waals surface area contributed by atoms with Crippen molar-refractivity contribution in [3.8, 4) is 5.75 Å². The number of hydrogen-bond acceptors (Lipinski definition) is 5. The van der Waals surface area contributed by atoms with Crippen molar-refractivity contribution in [3.63, 3.8) is 0 Å². The second kappa shape index (κ2) is 7.48. The third-order valence-corrected chi connectivity index (χ3v) is 4.56. The van der Waals surface area contributed by atoms with E-state index in [0.29, 0.717) is 18.8 Å². The molecule has 1 aromatic carbocycles. The number of carbonyl (C=O) groups is 2. The monoisotopic (exact) mass is 372 g/mol. The van der Waals surface area contributed by atoms with Gasteiger partial charge in [0.25, 0.3) is 5.56 Å². The first kappa shape index (κ1) is 18.4. The number of nitrogens with one attached hydrogen (secondary N) is 1. The summed E-state index contributed by atoms with van der Waals surface area (Å²) in [6, 6.07) is 7.64. The average molecular weight is 372 g/mol. The Bertz CT molecular complexity index is 963. The molecular weight excluding hydrogens is 352 g/mol. The number of H-pyrrole nitrogens is 1. The van der Waals surface area contributed by atoms with Gasteiger partial charge in [-0.3, -0.25) is 23.9 Å². The van der Waals surface area contributed by atoms with E-state index in [1.807, 2.05) is 0 Å². The fraction of sp³-hybridized carbons (Fsp3) is 0.333. The molecule has 0 spiro atoms. The smallest absolute Gasteiger partial charge is 0.328 e. The first-order chi connectivity index (χ1) is 12.9. The van der Waals surface area contributed by atoms with Crippen LogP contribution in [0, 0.1) is 0 Å². The molecule has 1 fully saturated rings. The van der Waals surface area contributed by atoms with E-state index in [-0.39, 0.29) is 18.4 Å². The van der Waals surface area contributed by atoms with Gasteiger partial charge in [-0.2, -0.15) is 0 Å². The van der Waals surface area contributed by atoms with Gasteiger partial charge in [0.05, 0.1) is 7.11 Å². The molecular formula is C18H20N4O5. The zero-order valence-electron chi connectivity index (χ0n) is 15.0. The van der Waals surface area contributed by atoms with Gasteiger partial charge in [0.15, 0.2) is 0 Å². The fourth-order valence-electron chi connectivity index (χ4n) is 3.03. The summed E-state index contributed by atoms with van der Waals surface area (Å²) >= 11 is 0. The van der Waals surface area contributed by atoms with Crippen LogP contribution in [0.15, 0.2) is 46.1 Å². The zero-order valence-corrected chi connectivity index (χ0v) is 15.0. The standard InChI is InChI=1S/C18H20N4O5/c1-12-17(25)22(13-3-5-14(27-2)6-4-13)10-9-21(12)16(24)11-20-8-7-15(23)19-18(20)26/h3-8,12H,9-11H2,1-2H3,(H,19,23,26)/t12-/m0/s1. The Balaban J connectivity index is 1.72. The highest BCUT2D eigenvalue weighted by Crippen LogP contribution is 2.23. The highest BCUT2D eigenvalue weighted by Gasteiger charge is 2.35. The molecule has 0 unspecified atom stereocenters. The maximum atomic E-state index is 12.7. The summed E-state index contributed by atoms with van der Waals surface area (Å²) < 4.78 is 6.23. The second-order valence-corrected chi connectivity index (χ2v) is 6.19. The Morgan fingerprint density at radius 2 is 1.85 bits per heavy atom. The van der Waals surface area contributed by atoms with Crippen molar-refractivity contribution < 1.29 is 14.3 Å². The molecule has 1 N–H and O–H groups in total. The van der Waals surface area contributed by atoms with Gasteiger partial charge in [-0.05, 0) is 31.2 Å². The van der Waals surface area contributed by atoms with Gasteiger partial charge in [-0.25, -0.2) is 4.79 Å². The van der Waals surface area contributed by atoms with Crippen LogP contribution in [0.25, 0.3) is 0 Å². The van der Waals surface area contributed by atoms with Gasteiger partial charge in [0.2, 0.25) is 11.8 Å². The van der Waals surface area contributed by atoms with Crippen molar-refractivity contribution in [1.29, 1.82) is 0 Å². The molecule has 0 aliphatic carbocycles. The van der Waals surface area contributed by atoms with Crippen LogP contribution < -0.4 is 20.9 Å². The van der Waals surface area contributed by atoms with E-state index in [1.54, 1.807) is 43.2 Å². The van der Waals surface area contributed by atoms with E-state index >= 15 is 0 Å². The van der Waals surface area contributed by atoms with Crippen molar-refractivity contribution in [2.45, 2.75) is 19.5 Å². The van der Waals surface area contributed by atoms with Crippen LogP contribution in [-0.4, -0.2) is 52.5 Å². The lowest BCUT2D eigenvalue weighted by molar-refractivity contribution is -0.141. The highest BCUT2D eigenvalue weighted by molar-refractivity contribution is 6.00. The van der Waals surface area contributed by atoms with Crippen LogP contribution in [0.3, 0.4) is 0 Å². The van der Waals surface area contributed by atoms with Crippen LogP contribution in [0.1, 0.15) is 6.92 Å². The van der Waals surface area contributed by atoms with E-state index in [4.69, 9.17) is 4.74 Å². The molecule has 9 nitrogen and oxygen atoms in total. The third kappa shape index (κ3) is 3.76. The Morgan fingerprint density at radius 3 is 2.48 bits per heavy atom. The Morgan fingerprint density at radius 1 is 1.15 bits per heavy atom. The number of carbonyl (C=O) groups excluding carboxylic acids is 2. The van der Waals surface area contributed by atoms with Gasteiger partial charge in [0, 0.05) is 31.0 Å². The molecule has 2 heterocycles. The highest BCUT2D eigenvalue weighted by atomic mass is 16.5. The number of ether oxygens (including phenoxy) is 1. The van der Waals surface area contributed by atoms with Crippen molar-refractivity contribution in [3.05, 3.63) is 57.4 Å². The van der Waals surface area contributed by atoms with E-state index in [0.717, 1.165) is 10.3 Å². The van der Waals surface area contributed by atoms with E-state index in [9.17, 15) is 19.2 Å². The lowest BCUT2D eigenvalue weighted by Gasteiger charge is -2.39. The lowest BCUT2D eigenvalue weighted by atomic mass is 10.1. The summed E-state index contributed by atoms with van der Waals surface area (Å²) in [5, 5.41) is 0. The van der Waals surface area contributed by atoms with Crippen LogP contribution in [0.5, 0.6) is 5.75 Å². The van der Waals surface area contributed by atoms with Gasteiger partial charge in [0.1, 0.15) is 18.3 Å². The summed E-state index contributed by atoms with van der Waals surface area (Å²) in [5.41, 5.74) is -0.455. The predicted molar refractivity (Wildman–Crippen MR) is 97.8 cm³/mol. The van der Waals surface area contributed by atoms with Crippen LogP contribution in [0.4, 0.5) is 5.69 Å². The number of benzene rings is 1. The first-order valence-corrected chi connectivity index (χ1v) is 8.45. The average Bonchev–Trinajstić information content (AvgIpc) is 2.66. The molecule has 0 saturated carbocycles. The summed E-state index contributed by atoms with van der Waals surface area (Å²) in [7, 11) is 1.57. The third-order valence-electron chi connectivity index (χ3n) is 4.56. The number of aromatic nitrogens is 2. The lowest BCUT2D eigenvalue weighted by Crippen LogP contribution is -2.58. The quantitative estimate of drug-likeness (QED) is 0.801. The molecule has 142 valence electrons. The number of anilines is 1. The van der Waals surface area contributed by atoms with E-state index in [2.05, 4.69) is 4.98 Å². The predicted octanol–water partition coefficient (Wildman–Crippen LogP) is -0.191. The van der Waals surface area contributed by atoms with Crippen molar-refractivity contribution in [2.75, 3.05) is 25.1 Å². The molecule has 1 aliphatic rings. The molecule has 0 radical (unpaired) electrons. The number of aromatic amines is 1. The summed E-state index contributed by atoms with van der Waals surface area (Å²) in [6.45, 7) is 2.11. The molecule has 27 heavy (non-hydrogen) atoms. The zero-order chi connectivity index (χ0) is 19.6. The maximum absolute atomic E-state index is 12.7. The summed E-state index contributed by atoms with van der Waals surface area (Å²) in [5.74, 6) is 0.132. The summed E-state index contributed by atoms with van der Waals surface area (Å²) in [6.07, 6.45) is 1.26. The van der Waals surface area contributed by atoms with Crippen LogP contribution >= 0.6 is 0 Å². The second-order valence-electron chi connectivity index (χ2n) is 6.19. The van der Waals surface area contributed by atoms with Gasteiger partial charge >= 0.3 is 5.69 Å². The minimum absolute atomic E-state index is 0.200. The minimum atomic E-state index is -0.660. The number of piperazine rings is 1. The summed E-state index contributed by atoms with van der Waals surface area (Å²) in [4.78, 5) is 53.3. The van der Waals surface area contributed by atoms with Gasteiger partial charge in [-0.15, -0.1) is 0 Å². The molecule has 2 amide bonds. The van der Waals surface area contributed by atoms with Crippen LogP contribution in [0.2, 0.25) is 0 Å². The Kier molecular flexibility index (Phi) is 5.11. The van der Waals surface area contributed by atoms with Crippen molar-refractivity contribution >= 4 is 17.5 Å². The minimum Gasteiger partial charge on any atom is -0.497 e. The van der Waals surface area contributed by atoms with Crippen molar-refractivity contribution in [1.82, 2.24) is 14.5 Å². The SMILES string of the molecule is COc1ccc(N2CCN(C(=O)Cn3ccc(=O)[nH]c3=O)[C@@H](C)C2=O)cc1. The normalized spacial score (nSPS) is 17.1. The largest absolute Gasteiger partial charge is 0.497 e. The molecule has 1 aromatic heterocycles. The number of hydrogen-bond donors (Lipinski definition) is 1. The Hall–Kier alpha value is -3.36. The molecule has 3 rings (SSSR count). The molecule has 9 heteroatoms. The number of methoxy groups -OCH3 is 1. The van der Waals surface area contributed by atoms with E-state index in [1.165, 1.54) is 17.2 Å². The van der Waals surface area contributed by atoms with Crippen molar-refractivity contribution in [2.24, 2.45) is 0 Å². The number of amides is 2. The Labute approximate surface area is 154 Å². The molecule has 0 bridgehead atoms. The number of nitrogens with zero attached hydrogens (tertiary/aromatic N) is 3. The molecule has 1 atom stereocenters. The van der Waals surface area contributed by atoms with Crippen LogP contribution in [-0.2, 0) is 16.1 Å². The molecule has 1 aliphatic heterocycles. The molecule has 1 saturated heterocycles. The maximum Gasteiger partial charge on any atom is 0.328 e. The van der Waals surface area contributed by atoms with E-state index < -0.39 is 17.3 Å². The van der Waals surface area contributed by atoms with Gasteiger partial charge < -0.3 is 14.5 Å². The molecule has 2 aromatic rings. The first-order valence-electron chi connectivity index (χ1n) is 8.45. The fourth-order valence-corrected chi connectivity index (χ4v) is 3.03.